The lowest BCUT2D eigenvalue weighted by molar-refractivity contribution is -0.129. The maximum absolute atomic E-state index is 11.9. The smallest absolute Gasteiger partial charge is 0.363 e. The molecule has 5 heteroatoms. The third-order valence-electron chi connectivity index (χ3n) is 3.00. The highest BCUT2D eigenvalue weighted by atomic mass is 16.6. The van der Waals surface area contributed by atoms with E-state index in [9.17, 15) is 4.79 Å². The molecule has 106 valence electrons. The van der Waals surface area contributed by atoms with Crippen LogP contribution in [0.4, 0.5) is 0 Å². The van der Waals surface area contributed by atoms with Crippen molar-refractivity contribution in [1.29, 1.82) is 0 Å². The molecule has 21 heavy (non-hydrogen) atoms. The molecule has 3 rings (SSSR count). The number of esters is 1. The summed E-state index contributed by atoms with van der Waals surface area (Å²) in [5.41, 5.74) is 0.831. The molecular formula is C16H13NO4. The summed E-state index contributed by atoms with van der Waals surface area (Å²) < 4.78 is 15.8. The minimum atomic E-state index is -0.509. The minimum absolute atomic E-state index is 0.199. The number of furan rings is 1. The molecule has 0 saturated heterocycles. The number of cyclic esters (lactones) is 1. The van der Waals surface area contributed by atoms with E-state index in [-0.39, 0.29) is 11.6 Å². The third-order valence-corrected chi connectivity index (χ3v) is 3.00. The van der Waals surface area contributed by atoms with Gasteiger partial charge in [0.25, 0.3) is 0 Å². The van der Waals surface area contributed by atoms with Crippen LogP contribution in [-0.4, -0.2) is 19.0 Å². The van der Waals surface area contributed by atoms with Crippen LogP contribution >= 0.6 is 0 Å². The van der Waals surface area contributed by atoms with Crippen LogP contribution < -0.4 is 4.74 Å². The molecule has 0 spiro atoms. The second-order valence-corrected chi connectivity index (χ2v) is 4.48. The van der Waals surface area contributed by atoms with Gasteiger partial charge < -0.3 is 13.9 Å². The molecule has 0 atom stereocenters. The number of rotatable bonds is 3. The molecule has 1 aromatic heterocycles. The molecular weight excluding hydrogens is 270 g/mol. The third kappa shape index (κ3) is 2.58. The second-order valence-electron chi connectivity index (χ2n) is 4.48. The zero-order valence-electron chi connectivity index (χ0n) is 11.6. The highest BCUT2D eigenvalue weighted by Gasteiger charge is 2.26. The molecule has 0 amide bonds. The number of nitrogens with zero attached hydrogens (tertiary/aromatic N) is 1. The molecule has 2 aromatic rings. The molecule has 0 N–H and O–H groups in total. The van der Waals surface area contributed by atoms with Crippen molar-refractivity contribution in [2.45, 2.75) is 6.92 Å². The van der Waals surface area contributed by atoms with E-state index in [0.29, 0.717) is 17.1 Å². The van der Waals surface area contributed by atoms with Gasteiger partial charge in [-0.1, -0.05) is 12.1 Å². The van der Waals surface area contributed by atoms with Crippen LogP contribution in [0.5, 0.6) is 5.75 Å². The van der Waals surface area contributed by atoms with Crippen LogP contribution in [0.1, 0.15) is 17.1 Å². The predicted octanol–water partition coefficient (Wildman–Crippen LogP) is 2.94. The minimum Gasteiger partial charge on any atom is -0.496 e. The van der Waals surface area contributed by atoms with Crippen LogP contribution in [0, 0.1) is 6.92 Å². The Labute approximate surface area is 121 Å². The van der Waals surface area contributed by atoms with Gasteiger partial charge in [-0.05, 0) is 31.2 Å². The number of para-hydroxylation sites is 1. The fourth-order valence-corrected chi connectivity index (χ4v) is 2.01. The van der Waals surface area contributed by atoms with E-state index >= 15 is 0 Å². The fraction of sp³-hybridized carbons (Fsp3) is 0.125. The Morgan fingerprint density at radius 2 is 2.00 bits per heavy atom. The molecule has 0 radical (unpaired) electrons. The number of carbonyl (C=O) groups is 1. The molecule has 0 aliphatic carbocycles. The monoisotopic (exact) mass is 283 g/mol. The molecule has 5 nitrogen and oxygen atoms in total. The van der Waals surface area contributed by atoms with Gasteiger partial charge in [0.1, 0.15) is 17.3 Å². The number of methoxy groups -OCH3 is 1. The first-order valence-electron chi connectivity index (χ1n) is 6.40. The average Bonchev–Trinajstić information content (AvgIpc) is 3.06. The van der Waals surface area contributed by atoms with Gasteiger partial charge in [0.05, 0.1) is 12.7 Å². The quantitative estimate of drug-likeness (QED) is 0.642. The number of hydrogen-bond donors (Lipinski definition) is 0. The maximum atomic E-state index is 11.9. The summed E-state index contributed by atoms with van der Waals surface area (Å²) in [6.45, 7) is 1.83. The Morgan fingerprint density at radius 3 is 2.71 bits per heavy atom. The molecule has 0 bridgehead atoms. The van der Waals surface area contributed by atoms with Gasteiger partial charge in [-0.15, -0.1) is 0 Å². The Hall–Kier alpha value is -2.82. The molecule has 1 aliphatic heterocycles. The summed E-state index contributed by atoms with van der Waals surface area (Å²) in [5.74, 6) is 1.64. The van der Waals surface area contributed by atoms with Crippen molar-refractivity contribution in [3.8, 4) is 5.75 Å². The lowest BCUT2D eigenvalue weighted by Crippen LogP contribution is -2.06. The number of ether oxygens (including phenoxy) is 2. The normalized spacial score (nSPS) is 16.0. The molecule has 1 aromatic carbocycles. The van der Waals surface area contributed by atoms with Crippen molar-refractivity contribution < 1.29 is 18.7 Å². The first-order valence-corrected chi connectivity index (χ1v) is 6.40. The molecule has 0 fully saturated rings. The Bertz CT molecular complexity index is 755. The first-order chi connectivity index (χ1) is 10.2. The highest BCUT2D eigenvalue weighted by Crippen LogP contribution is 2.25. The first kappa shape index (κ1) is 13.2. The van der Waals surface area contributed by atoms with Crippen molar-refractivity contribution in [2.24, 2.45) is 4.99 Å². The van der Waals surface area contributed by atoms with Gasteiger partial charge in [0, 0.05) is 6.08 Å². The topological polar surface area (TPSA) is 61.0 Å². The number of aryl methyl sites for hydroxylation is 1. The SMILES string of the molecule is COc1ccccc1C1=N/C(=C\c2ccc(C)o2)C(=O)O1. The van der Waals surface area contributed by atoms with Gasteiger partial charge in [-0.3, -0.25) is 0 Å². The van der Waals surface area contributed by atoms with E-state index < -0.39 is 5.97 Å². The van der Waals surface area contributed by atoms with Crippen LogP contribution in [0.3, 0.4) is 0 Å². The highest BCUT2D eigenvalue weighted by molar-refractivity contribution is 6.13. The maximum Gasteiger partial charge on any atom is 0.363 e. The Morgan fingerprint density at radius 1 is 1.19 bits per heavy atom. The Kier molecular flexibility index (Phi) is 3.31. The molecule has 1 aliphatic rings. The fourth-order valence-electron chi connectivity index (χ4n) is 2.01. The summed E-state index contributed by atoms with van der Waals surface area (Å²) in [7, 11) is 1.55. The van der Waals surface area contributed by atoms with Crippen LogP contribution in [0.2, 0.25) is 0 Å². The Balaban J connectivity index is 1.97. The van der Waals surface area contributed by atoms with Gasteiger partial charge in [0.2, 0.25) is 5.90 Å². The zero-order chi connectivity index (χ0) is 14.8. The molecule has 2 heterocycles. The largest absolute Gasteiger partial charge is 0.496 e. The van der Waals surface area contributed by atoms with Crippen molar-refractivity contribution in [2.75, 3.05) is 7.11 Å². The van der Waals surface area contributed by atoms with E-state index in [1.807, 2.05) is 25.1 Å². The van der Waals surface area contributed by atoms with Crippen molar-refractivity contribution >= 4 is 17.9 Å². The van der Waals surface area contributed by atoms with E-state index in [4.69, 9.17) is 13.9 Å². The summed E-state index contributed by atoms with van der Waals surface area (Å²) in [6.07, 6.45) is 1.55. The molecule has 0 saturated carbocycles. The predicted molar refractivity (Wildman–Crippen MR) is 77.0 cm³/mol. The lowest BCUT2D eigenvalue weighted by atomic mass is 10.2. The summed E-state index contributed by atoms with van der Waals surface area (Å²) in [6, 6.07) is 10.8. The van der Waals surface area contributed by atoms with Crippen molar-refractivity contribution in [3.05, 3.63) is 59.2 Å². The number of carbonyl (C=O) groups excluding carboxylic acids is 1. The summed E-state index contributed by atoms with van der Waals surface area (Å²) in [5, 5.41) is 0. The van der Waals surface area contributed by atoms with E-state index in [2.05, 4.69) is 4.99 Å². The van der Waals surface area contributed by atoms with Gasteiger partial charge in [0.15, 0.2) is 5.70 Å². The lowest BCUT2D eigenvalue weighted by Gasteiger charge is -2.05. The van der Waals surface area contributed by atoms with Crippen molar-refractivity contribution in [3.63, 3.8) is 0 Å². The standard InChI is InChI=1S/C16H13NO4/c1-10-7-8-11(20-10)9-13-16(18)21-15(17-13)12-5-3-4-6-14(12)19-2/h3-9H,1-2H3/b13-9-. The second kappa shape index (κ2) is 5.28. The number of aliphatic imine (C=N–C) groups is 1. The van der Waals surface area contributed by atoms with Gasteiger partial charge in [-0.25, -0.2) is 9.79 Å². The van der Waals surface area contributed by atoms with E-state index in [1.165, 1.54) is 0 Å². The van der Waals surface area contributed by atoms with Gasteiger partial charge in [-0.2, -0.15) is 0 Å². The van der Waals surface area contributed by atoms with Crippen molar-refractivity contribution in [1.82, 2.24) is 0 Å². The van der Waals surface area contributed by atoms with Gasteiger partial charge >= 0.3 is 5.97 Å². The summed E-state index contributed by atoms with van der Waals surface area (Å²) in [4.78, 5) is 16.1. The average molecular weight is 283 g/mol. The number of hydrogen-bond acceptors (Lipinski definition) is 5. The van der Waals surface area contributed by atoms with Crippen LogP contribution in [0.25, 0.3) is 6.08 Å². The van der Waals surface area contributed by atoms with Crippen LogP contribution in [0.15, 0.2) is 51.5 Å². The van der Waals surface area contributed by atoms with E-state index in [0.717, 1.165) is 5.76 Å². The van der Waals surface area contributed by atoms with Crippen LogP contribution in [-0.2, 0) is 9.53 Å². The number of benzene rings is 1. The zero-order valence-corrected chi connectivity index (χ0v) is 11.6. The van der Waals surface area contributed by atoms with E-state index in [1.54, 1.807) is 31.4 Å². The summed E-state index contributed by atoms with van der Waals surface area (Å²) >= 11 is 0. The molecule has 0 unspecified atom stereocenters.